The quantitative estimate of drug-likeness (QED) is 0.595. The van der Waals surface area contributed by atoms with Crippen LogP contribution in [-0.2, 0) is 9.59 Å². The number of carbonyl (C=O) groups excluding carboxylic acids is 3. The highest BCUT2D eigenvalue weighted by molar-refractivity contribution is 6.04. The van der Waals surface area contributed by atoms with E-state index in [4.69, 9.17) is 0 Å². The average molecular weight is 241 g/mol. The van der Waals surface area contributed by atoms with Crippen molar-refractivity contribution in [2.24, 2.45) is 0 Å². The number of hydrogen-bond donors (Lipinski definition) is 1. The normalized spacial score (nSPS) is 23.1. The molecule has 0 aromatic heterocycles. The minimum Gasteiger partial charge on any atom is -0.386 e. The van der Waals surface area contributed by atoms with Crippen molar-refractivity contribution in [1.29, 1.82) is 0 Å². The van der Waals surface area contributed by atoms with E-state index in [1.807, 2.05) is 0 Å². The van der Waals surface area contributed by atoms with Gasteiger partial charge in [-0.15, -0.1) is 0 Å². The van der Waals surface area contributed by atoms with Gasteiger partial charge in [-0.3, -0.25) is 14.5 Å². The Hall–Kier alpha value is -1.63. The second-order valence-corrected chi connectivity index (χ2v) is 4.87. The van der Waals surface area contributed by atoms with Crippen LogP contribution < -0.4 is 0 Å². The molecule has 0 bridgehead atoms. The number of amides is 4. The second-order valence-electron chi connectivity index (χ2n) is 4.87. The zero-order valence-corrected chi connectivity index (χ0v) is 9.84. The minimum atomic E-state index is -0.842. The van der Waals surface area contributed by atoms with Crippen LogP contribution in [0.15, 0.2) is 0 Å². The van der Waals surface area contributed by atoms with Gasteiger partial charge in [0.25, 0.3) is 5.91 Å². The lowest BCUT2D eigenvalue weighted by Crippen LogP contribution is -2.63. The number of urea groups is 1. The molecule has 1 N–H and O–H groups in total. The van der Waals surface area contributed by atoms with Gasteiger partial charge >= 0.3 is 6.03 Å². The lowest BCUT2D eigenvalue weighted by atomic mass is 9.97. The molecule has 2 saturated heterocycles. The minimum absolute atomic E-state index is 0.0177. The topological polar surface area (TPSA) is 81.2 Å². The number of carbonyl (C=O) groups is 3. The van der Waals surface area contributed by atoms with Crippen LogP contribution >= 0.6 is 0 Å². The molecule has 0 aromatic carbocycles. The molecule has 94 valence electrons. The Balaban J connectivity index is 1.92. The van der Waals surface area contributed by atoms with Crippen molar-refractivity contribution >= 4 is 17.8 Å². The molecule has 0 unspecified atom stereocenters. The van der Waals surface area contributed by atoms with Crippen LogP contribution in [0.1, 0.15) is 6.92 Å². The Kier molecular flexibility index (Phi) is 2.57. The van der Waals surface area contributed by atoms with Crippen LogP contribution in [0.2, 0.25) is 0 Å². The van der Waals surface area contributed by atoms with Gasteiger partial charge in [0.15, 0.2) is 0 Å². The number of β-amino-alcohol motifs (C(OH)–C–C–N with tert-alkyl or cyclic N) is 1. The first kappa shape index (κ1) is 11.8. The molecule has 0 aromatic rings. The zero-order valence-electron chi connectivity index (χ0n) is 9.84. The van der Waals surface area contributed by atoms with Gasteiger partial charge in [0.05, 0.1) is 18.7 Å². The van der Waals surface area contributed by atoms with Gasteiger partial charge in [-0.05, 0) is 6.92 Å². The van der Waals surface area contributed by atoms with Crippen molar-refractivity contribution in [3.05, 3.63) is 0 Å². The molecule has 7 heteroatoms. The average Bonchev–Trinajstić information content (AvgIpc) is 2.41. The molecular formula is C10H15N3O4. The number of likely N-dealkylation sites (N-methyl/N-ethyl adjacent to an activating group) is 1. The van der Waals surface area contributed by atoms with Crippen LogP contribution in [0.25, 0.3) is 0 Å². The summed E-state index contributed by atoms with van der Waals surface area (Å²) in [4.78, 5) is 38.3. The van der Waals surface area contributed by atoms with Crippen LogP contribution in [0.5, 0.6) is 0 Å². The molecule has 0 saturated carbocycles. The summed E-state index contributed by atoms with van der Waals surface area (Å²) in [5, 5.41) is 9.49. The Morgan fingerprint density at radius 1 is 1.41 bits per heavy atom. The second kappa shape index (κ2) is 3.69. The van der Waals surface area contributed by atoms with Crippen LogP contribution in [-0.4, -0.2) is 76.5 Å². The number of nitrogens with zero attached hydrogens (tertiary/aromatic N) is 3. The van der Waals surface area contributed by atoms with Crippen molar-refractivity contribution in [3.63, 3.8) is 0 Å². The highest BCUT2D eigenvalue weighted by Gasteiger charge is 2.42. The van der Waals surface area contributed by atoms with Crippen molar-refractivity contribution < 1.29 is 19.5 Å². The summed E-state index contributed by atoms with van der Waals surface area (Å²) >= 11 is 0. The first-order valence-corrected chi connectivity index (χ1v) is 5.36. The molecule has 0 aliphatic carbocycles. The maximum Gasteiger partial charge on any atom is 0.327 e. The molecule has 17 heavy (non-hydrogen) atoms. The maximum atomic E-state index is 11.7. The summed E-state index contributed by atoms with van der Waals surface area (Å²) in [6, 6.07) is -0.448. The molecule has 2 heterocycles. The maximum absolute atomic E-state index is 11.7. The highest BCUT2D eigenvalue weighted by atomic mass is 16.3. The number of imide groups is 1. The predicted octanol–water partition coefficient (Wildman–Crippen LogP) is -1.53. The predicted molar refractivity (Wildman–Crippen MR) is 56.9 cm³/mol. The molecule has 0 spiro atoms. The van der Waals surface area contributed by atoms with E-state index >= 15 is 0 Å². The fourth-order valence-electron chi connectivity index (χ4n) is 2.01. The molecule has 2 aliphatic heterocycles. The SMILES string of the molecule is CN1CC(=O)N(CC(=O)N2CC(C)(O)C2)C1=O. The van der Waals surface area contributed by atoms with E-state index < -0.39 is 11.6 Å². The first-order chi connectivity index (χ1) is 7.80. The monoisotopic (exact) mass is 241 g/mol. The first-order valence-electron chi connectivity index (χ1n) is 5.36. The zero-order chi connectivity index (χ0) is 12.8. The fraction of sp³-hybridized carbons (Fsp3) is 0.700. The van der Waals surface area contributed by atoms with Crippen LogP contribution in [0, 0.1) is 0 Å². The third kappa shape index (κ3) is 2.10. The van der Waals surface area contributed by atoms with Gasteiger partial charge in [-0.2, -0.15) is 0 Å². The largest absolute Gasteiger partial charge is 0.386 e. The Morgan fingerprint density at radius 3 is 2.41 bits per heavy atom. The molecule has 0 atom stereocenters. The van der Waals surface area contributed by atoms with Crippen molar-refractivity contribution in [2.75, 3.05) is 33.2 Å². The van der Waals surface area contributed by atoms with Crippen molar-refractivity contribution in [1.82, 2.24) is 14.7 Å². The van der Waals surface area contributed by atoms with Gasteiger partial charge < -0.3 is 14.9 Å². The number of hydrogen-bond acceptors (Lipinski definition) is 4. The lowest BCUT2D eigenvalue weighted by Gasteiger charge is -2.44. The van der Waals surface area contributed by atoms with Crippen molar-refractivity contribution in [3.8, 4) is 0 Å². The summed E-state index contributed by atoms with van der Waals surface area (Å²) in [6.45, 7) is 1.91. The fourth-order valence-corrected chi connectivity index (χ4v) is 2.01. The van der Waals surface area contributed by atoms with E-state index in [1.165, 1.54) is 16.8 Å². The number of aliphatic hydroxyl groups is 1. The Morgan fingerprint density at radius 2 is 2.00 bits per heavy atom. The molecule has 4 amide bonds. The van der Waals surface area contributed by atoms with Crippen LogP contribution in [0.3, 0.4) is 0 Å². The Bertz CT molecular complexity index is 385. The van der Waals surface area contributed by atoms with E-state index in [0.717, 1.165) is 4.90 Å². The van der Waals surface area contributed by atoms with Gasteiger partial charge in [0.2, 0.25) is 5.91 Å². The molecule has 0 radical (unpaired) electrons. The van der Waals surface area contributed by atoms with E-state index in [-0.39, 0.29) is 38.0 Å². The van der Waals surface area contributed by atoms with E-state index in [1.54, 1.807) is 6.92 Å². The summed E-state index contributed by atoms with van der Waals surface area (Å²) in [6.07, 6.45) is 0. The van der Waals surface area contributed by atoms with Crippen molar-refractivity contribution in [2.45, 2.75) is 12.5 Å². The third-order valence-electron chi connectivity index (χ3n) is 2.94. The lowest BCUT2D eigenvalue weighted by molar-refractivity contribution is -0.154. The highest BCUT2D eigenvalue weighted by Crippen LogP contribution is 2.20. The van der Waals surface area contributed by atoms with Gasteiger partial charge in [-0.25, -0.2) is 4.79 Å². The van der Waals surface area contributed by atoms with E-state index in [2.05, 4.69) is 0 Å². The Labute approximate surface area is 98.6 Å². The standard InChI is InChI=1S/C10H15N3O4/c1-10(17)5-12(6-10)7(14)4-13-8(15)3-11(2)9(13)16/h17H,3-6H2,1-2H3. The molecule has 2 aliphatic rings. The number of rotatable bonds is 2. The molecular weight excluding hydrogens is 226 g/mol. The molecule has 2 fully saturated rings. The summed E-state index contributed by atoms with van der Waals surface area (Å²) < 4.78 is 0. The van der Waals surface area contributed by atoms with E-state index in [9.17, 15) is 19.5 Å². The van der Waals surface area contributed by atoms with Gasteiger partial charge in [-0.1, -0.05) is 0 Å². The van der Waals surface area contributed by atoms with Gasteiger partial charge in [0, 0.05) is 7.05 Å². The third-order valence-corrected chi connectivity index (χ3v) is 2.94. The van der Waals surface area contributed by atoms with E-state index in [0.29, 0.717) is 0 Å². The molecule has 2 rings (SSSR count). The summed E-state index contributed by atoms with van der Waals surface area (Å²) in [5.41, 5.74) is -0.842. The summed E-state index contributed by atoms with van der Waals surface area (Å²) in [5.74, 6) is -0.674. The smallest absolute Gasteiger partial charge is 0.327 e. The molecule has 7 nitrogen and oxygen atoms in total. The summed E-state index contributed by atoms with van der Waals surface area (Å²) in [7, 11) is 1.51. The van der Waals surface area contributed by atoms with Crippen LogP contribution in [0.4, 0.5) is 4.79 Å². The van der Waals surface area contributed by atoms with Gasteiger partial charge in [0.1, 0.15) is 13.1 Å². The number of likely N-dealkylation sites (tertiary alicyclic amines) is 1.